The number of nitrogens with one attached hydrogen (secondary N) is 2. The number of nitrogens with zero attached hydrogens (tertiary/aromatic N) is 3. The van der Waals surface area contributed by atoms with Gasteiger partial charge in [0.05, 0.1) is 23.7 Å². The molecule has 0 aliphatic heterocycles. The maximum atomic E-state index is 13.6. The third-order valence-electron chi connectivity index (χ3n) is 5.07. The molecule has 1 atom stereocenters. The molecule has 3 rings (SSSR count). The summed E-state index contributed by atoms with van der Waals surface area (Å²) in [4.78, 5) is 26.1. The Hall–Kier alpha value is -3.78. The minimum absolute atomic E-state index is 0.00528. The van der Waals surface area contributed by atoms with Crippen molar-refractivity contribution in [2.75, 3.05) is 24.7 Å². The van der Waals surface area contributed by atoms with Gasteiger partial charge < -0.3 is 9.47 Å². The minimum atomic E-state index is -4.74. The average Bonchev–Trinajstić information content (AvgIpc) is 3.19. The van der Waals surface area contributed by atoms with Gasteiger partial charge in [-0.25, -0.2) is 13.6 Å². The second-order valence-corrected chi connectivity index (χ2v) is 7.81. The molecule has 0 saturated heterocycles. The zero-order valence-electron chi connectivity index (χ0n) is 19.2. The number of hydrogen-bond acceptors (Lipinski definition) is 6. The van der Waals surface area contributed by atoms with Gasteiger partial charge in [0.25, 0.3) is 5.91 Å². The van der Waals surface area contributed by atoms with E-state index >= 15 is 0 Å². The molecule has 1 heterocycles. The number of guanidine groups is 1. The fourth-order valence-corrected chi connectivity index (χ4v) is 3.52. The van der Waals surface area contributed by atoms with E-state index in [9.17, 15) is 31.5 Å². The van der Waals surface area contributed by atoms with Crippen molar-refractivity contribution in [2.45, 2.75) is 19.1 Å². The van der Waals surface area contributed by atoms with Gasteiger partial charge in [-0.2, -0.15) is 17.9 Å². The van der Waals surface area contributed by atoms with Crippen LogP contribution < -0.4 is 10.2 Å². The van der Waals surface area contributed by atoms with E-state index in [1.165, 1.54) is 7.11 Å². The summed E-state index contributed by atoms with van der Waals surface area (Å²) in [6, 6.07) is 3.45. The lowest BCUT2D eigenvalue weighted by molar-refractivity contribution is -0.137. The first-order chi connectivity index (χ1) is 17.4. The van der Waals surface area contributed by atoms with E-state index in [1.54, 1.807) is 6.92 Å². The molecule has 0 aliphatic rings. The standard InChI is InChI=1S/C22H19ClF5N5O4/c1-11(9-36-2)32(20(29)30-19(34)12-3-6-15(24)16(25)7-12)18-14-5-4-13(22(26,27)28)8-17(14)33(31-18)21(35)37-10-23/h3-8,11H,9-10H2,1-2H3,(H2,29,30,34). The number of carbonyl (C=O) groups excluding carboxylic acids is 2. The average molecular weight is 548 g/mol. The van der Waals surface area contributed by atoms with Gasteiger partial charge in [0.15, 0.2) is 23.5 Å². The van der Waals surface area contributed by atoms with Crippen LogP contribution in [0.4, 0.5) is 32.6 Å². The molecule has 0 spiro atoms. The van der Waals surface area contributed by atoms with E-state index in [0.717, 1.165) is 29.2 Å². The number of carbonyl (C=O) groups is 2. The van der Waals surface area contributed by atoms with Gasteiger partial charge in [-0.15, -0.1) is 5.10 Å². The van der Waals surface area contributed by atoms with Gasteiger partial charge in [0.2, 0.25) is 5.96 Å². The van der Waals surface area contributed by atoms with Crippen molar-refractivity contribution in [1.29, 1.82) is 5.41 Å². The summed E-state index contributed by atoms with van der Waals surface area (Å²) in [6.45, 7) is 1.50. The van der Waals surface area contributed by atoms with Crippen molar-refractivity contribution in [3.8, 4) is 0 Å². The summed E-state index contributed by atoms with van der Waals surface area (Å²) in [7, 11) is 1.35. The van der Waals surface area contributed by atoms with Crippen LogP contribution in [0.3, 0.4) is 0 Å². The van der Waals surface area contributed by atoms with Gasteiger partial charge >= 0.3 is 12.3 Å². The number of alkyl halides is 4. The van der Waals surface area contributed by atoms with Gasteiger partial charge in [-0.3, -0.25) is 20.4 Å². The molecular formula is C22H19ClF5N5O4. The topological polar surface area (TPSA) is 110 Å². The Morgan fingerprint density at radius 1 is 1.19 bits per heavy atom. The van der Waals surface area contributed by atoms with Crippen LogP contribution in [-0.4, -0.2) is 53.6 Å². The Morgan fingerprint density at radius 3 is 2.49 bits per heavy atom. The van der Waals surface area contributed by atoms with Crippen molar-refractivity contribution in [3.05, 3.63) is 59.2 Å². The highest BCUT2D eigenvalue weighted by molar-refractivity contribution is 6.17. The normalized spacial score (nSPS) is 12.3. The molecule has 0 saturated carbocycles. The molecule has 2 aromatic carbocycles. The highest BCUT2D eigenvalue weighted by atomic mass is 35.5. The molecule has 198 valence electrons. The number of methoxy groups -OCH3 is 1. The number of amides is 1. The number of halogens is 6. The van der Waals surface area contributed by atoms with E-state index in [4.69, 9.17) is 21.7 Å². The predicted molar refractivity (Wildman–Crippen MR) is 123 cm³/mol. The maximum absolute atomic E-state index is 13.6. The molecule has 1 amide bonds. The quantitative estimate of drug-likeness (QED) is 0.200. The Balaban J connectivity index is 2.11. The van der Waals surface area contributed by atoms with E-state index in [2.05, 4.69) is 15.2 Å². The lowest BCUT2D eigenvalue weighted by atomic mass is 10.1. The van der Waals surface area contributed by atoms with Crippen molar-refractivity contribution < 1.29 is 41.0 Å². The number of fused-ring (bicyclic) bond motifs is 1. The van der Waals surface area contributed by atoms with Crippen LogP contribution in [0.15, 0.2) is 36.4 Å². The number of hydrogen-bond donors (Lipinski definition) is 2. The molecule has 0 radical (unpaired) electrons. The fraction of sp³-hybridized carbons (Fsp3) is 0.273. The molecule has 15 heteroatoms. The third kappa shape index (κ3) is 5.97. The molecule has 37 heavy (non-hydrogen) atoms. The van der Waals surface area contributed by atoms with Crippen LogP contribution in [0.1, 0.15) is 22.8 Å². The number of anilines is 1. The van der Waals surface area contributed by atoms with Crippen LogP contribution in [0.25, 0.3) is 10.9 Å². The number of aromatic nitrogens is 2. The second kappa shape index (κ2) is 11.1. The van der Waals surface area contributed by atoms with Crippen molar-refractivity contribution in [3.63, 3.8) is 0 Å². The van der Waals surface area contributed by atoms with E-state index < -0.39 is 53.4 Å². The summed E-state index contributed by atoms with van der Waals surface area (Å²) in [6.07, 6.45) is -5.93. The highest BCUT2D eigenvalue weighted by Gasteiger charge is 2.33. The van der Waals surface area contributed by atoms with Crippen molar-refractivity contribution in [2.24, 2.45) is 0 Å². The van der Waals surface area contributed by atoms with E-state index in [0.29, 0.717) is 16.8 Å². The Labute approximate surface area is 211 Å². The number of ether oxygens (including phenoxy) is 2. The Morgan fingerprint density at radius 2 is 1.89 bits per heavy atom. The van der Waals surface area contributed by atoms with Crippen molar-refractivity contribution >= 4 is 46.3 Å². The Bertz CT molecular complexity index is 1350. The summed E-state index contributed by atoms with van der Waals surface area (Å²) >= 11 is 5.43. The summed E-state index contributed by atoms with van der Waals surface area (Å²) in [5.41, 5.74) is -1.70. The van der Waals surface area contributed by atoms with Crippen molar-refractivity contribution in [1.82, 2.24) is 15.1 Å². The fourth-order valence-electron chi connectivity index (χ4n) is 3.43. The zero-order valence-corrected chi connectivity index (χ0v) is 20.0. The molecule has 3 aromatic rings. The number of rotatable bonds is 6. The van der Waals surface area contributed by atoms with Crippen LogP contribution in [0, 0.1) is 17.0 Å². The minimum Gasteiger partial charge on any atom is -0.432 e. The van der Waals surface area contributed by atoms with E-state index in [-0.39, 0.29) is 28.9 Å². The SMILES string of the molecule is COCC(C)N(C(=N)NC(=O)c1ccc(F)c(F)c1)c1nn(C(=O)OCCl)c2cc(C(F)(F)F)ccc12. The molecule has 0 fully saturated rings. The number of benzene rings is 2. The van der Waals surface area contributed by atoms with Crippen LogP contribution in [0.5, 0.6) is 0 Å². The van der Waals surface area contributed by atoms with Gasteiger partial charge in [-0.05, 0) is 43.3 Å². The second-order valence-electron chi connectivity index (χ2n) is 7.59. The lowest BCUT2D eigenvalue weighted by Gasteiger charge is -2.29. The third-order valence-corrected chi connectivity index (χ3v) is 5.18. The summed E-state index contributed by atoms with van der Waals surface area (Å²) < 4.78 is 77.2. The maximum Gasteiger partial charge on any atom is 0.436 e. The molecular weight excluding hydrogens is 529 g/mol. The molecule has 2 N–H and O–H groups in total. The largest absolute Gasteiger partial charge is 0.436 e. The molecule has 0 bridgehead atoms. The molecule has 0 aliphatic carbocycles. The summed E-state index contributed by atoms with van der Waals surface area (Å²) in [5.74, 6) is -4.29. The predicted octanol–water partition coefficient (Wildman–Crippen LogP) is 4.72. The van der Waals surface area contributed by atoms with Gasteiger partial charge in [-0.1, -0.05) is 11.6 Å². The first-order valence-electron chi connectivity index (χ1n) is 10.3. The lowest BCUT2D eigenvalue weighted by Crippen LogP contribution is -2.49. The summed E-state index contributed by atoms with van der Waals surface area (Å²) in [5, 5.41) is 14.7. The van der Waals surface area contributed by atoms with E-state index in [1.807, 2.05) is 0 Å². The van der Waals surface area contributed by atoms with Crippen LogP contribution in [0.2, 0.25) is 0 Å². The molecule has 1 aromatic heterocycles. The monoisotopic (exact) mass is 547 g/mol. The Kier molecular flexibility index (Phi) is 8.33. The van der Waals surface area contributed by atoms with Crippen LogP contribution >= 0.6 is 11.6 Å². The molecule has 1 unspecified atom stereocenters. The van der Waals surface area contributed by atoms with Gasteiger partial charge in [0, 0.05) is 18.1 Å². The smallest absolute Gasteiger partial charge is 0.432 e. The molecule has 9 nitrogen and oxygen atoms in total. The zero-order chi connectivity index (χ0) is 27.5. The first kappa shape index (κ1) is 27.8. The highest BCUT2D eigenvalue weighted by Crippen LogP contribution is 2.35. The van der Waals surface area contributed by atoms with Gasteiger partial charge in [0.1, 0.15) is 0 Å². The van der Waals surface area contributed by atoms with Crippen LogP contribution in [-0.2, 0) is 15.7 Å². The first-order valence-corrected chi connectivity index (χ1v) is 10.9.